The summed E-state index contributed by atoms with van der Waals surface area (Å²) in [5.41, 5.74) is 2.43. The second-order valence-electron chi connectivity index (χ2n) is 7.07. The van der Waals surface area contributed by atoms with Crippen molar-refractivity contribution in [2.24, 2.45) is 0 Å². The molecule has 1 aliphatic heterocycles. The minimum absolute atomic E-state index is 0.258. The Morgan fingerprint density at radius 1 is 1.21 bits per heavy atom. The largest absolute Gasteiger partial charge is 0.472 e. The Labute approximate surface area is 167 Å². The van der Waals surface area contributed by atoms with E-state index in [4.69, 9.17) is 4.42 Å². The summed E-state index contributed by atoms with van der Waals surface area (Å²) in [6.45, 7) is 3.06. The molecular formula is C20H22N4O5. The first-order valence-electron chi connectivity index (χ1n) is 9.14. The molecule has 9 nitrogen and oxygen atoms in total. The third kappa shape index (κ3) is 4.45. The summed E-state index contributed by atoms with van der Waals surface area (Å²) in [6, 6.07) is 9.34. The molecule has 1 saturated heterocycles. The van der Waals surface area contributed by atoms with E-state index in [0.717, 1.165) is 5.56 Å². The van der Waals surface area contributed by atoms with Crippen LogP contribution >= 0.6 is 0 Å². The zero-order valence-corrected chi connectivity index (χ0v) is 16.1. The molecule has 0 bridgehead atoms. The number of furan rings is 1. The maximum atomic E-state index is 12.8. The average Bonchev–Trinajstić information content (AvgIpc) is 3.31. The normalized spacial score (nSPS) is 19.6. The standard InChI is InChI=1S/C20H22N4O5/c1-13(21-17(26)15-9-11-29-12-15)16(25)23-24-18(27)20(2,22-19(24)28)10-8-14-6-4-3-5-7-14/h3-7,9,11-13H,8,10H2,1-2H3,(H,21,26)(H,22,28)(H,23,25)/t13-,20+/m1/s1. The first-order chi connectivity index (χ1) is 13.8. The van der Waals surface area contributed by atoms with Crippen molar-refractivity contribution in [2.45, 2.75) is 38.3 Å². The number of rotatable bonds is 7. The Morgan fingerprint density at radius 2 is 1.93 bits per heavy atom. The van der Waals surface area contributed by atoms with Gasteiger partial charge in [0.15, 0.2) is 0 Å². The molecule has 29 heavy (non-hydrogen) atoms. The molecular weight excluding hydrogens is 376 g/mol. The molecule has 1 fully saturated rings. The van der Waals surface area contributed by atoms with E-state index in [2.05, 4.69) is 16.1 Å². The molecule has 5 amide bonds. The van der Waals surface area contributed by atoms with Crippen molar-refractivity contribution in [1.82, 2.24) is 21.1 Å². The number of nitrogens with zero attached hydrogens (tertiary/aromatic N) is 1. The summed E-state index contributed by atoms with van der Waals surface area (Å²) in [5.74, 6) is -1.76. The number of carbonyl (C=O) groups is 4. The van der Waals surface area contributed by atoms with Crippen LogP contribution in [0.4, 0.5) is 4.79 Å². The lowest BCUT2D eigenvalue weighted by Crippen LogP contribution is -2.54. The molecule has 1 aliphatic rings. The van der Waals surface area contributed by atoms with Crippen molar-refractivity contribution >= 4 is 23.8 Å². The quantitative estimate of drug-likeness (QED) is 0.609. The van der Waals surface area contributed by atoms with Gasteiger partial charge in [-0.25, -0.2) is 4.79 Å². The van der Waals surface area contributed by atoms with Crippen LogP contribution in [0.3, 0.4) is 0 Å². The van der Waals surface area contributed by atoms with Gasteiger partial charge in [-0.1, -0.05) is 30.3 Å². The lowest BCUT2D eigenvalue weighted by Gasteiger charge is -2.22. The smallest absolute Gasteiger partial charge is 0.344 e. The first kappa shape index (κ1) is 20.1. The number of urea groups is 1. The van der Waals surface area contributed by atoms with Gasteiger partial charge in [0.1, 0.15) is 17.8 Å². The van der Waals surface area contributed by atoms with Gasteiger partial charge < -0.3 is 15.1 Å². The molecule has 1 aromatic heterocycles. The lowest BCUT2D eigenvalue weighted by atomic mass is 9.93. The highest BCUT2D eigenvalue weighted by molar-refractivity contribution is 6.08. The van der Waals surface area contributed by atoms with Crippen molar-refractivity contribution in [1.29, 1.82) is 0 Å². The van der Waals surface area contributed by atoms with E-state index in [9.17, 15) is 19.2 Å². The molecule has 0 aliphatic carbocycles. The minimum atomic E-state index is -1.14. The van der Waals surface area contributed by atoms with Crippen LogP contribution in [0.2, 0.25) is 0 Å². The van der Waals surface area contributed by atoms with Crippen LogP contribution in [0.1, 0.15) is 36.2 Å². The molecule has 0 unspecified atom stereocenters. The van der Waals surface area contributed by atoms with E-state index in [1.54, 1.807) is 6.92 Å². The van der Waals surface area contributed by atoms with Gasteiger partial charge in [0.2, 0.25) is 0 Å². The number of benzene rings is 1. The first-order valence-corrected chi connectivity index (χ1v) is 9.14. The number of hydrogen-bond donors (Lipinski definition) is 3. The van der Waals surface area contributed by atoms with Crippen molar-refractivity contribution in [2.75, 3.05) is 0 Å². The van der Waals surface area contributed by atoms with Gasteiger partial charge in [-0.05, 0) is 38.3 Å². The number of carbonyl (C=O) groups excluding carboxylic acids is 4. The Bertz CT molecular complexity index is 912. The molecule has 2 aromatic rings. The Hall–Kier alpha value is -3.62. The molecule has 1 aromatic carbocycles. The monoisotopic (exact) mass is 398 g/mol. The van der Waals surface area contributed by atoms with Crippen molar-refractivity contribution in [3.63, 3.8) is 0 Å². The van der Waals surface area contributed by atoms with Gasteiger partial charge in [-0.2, -0.15) is 5.01 Å². The zero-order chi connectivity index (χ0) is 21.0. The Morgan fingerprint density at radius 3 is 2.59 bits per heavy atom. The van der Waals surface area contributed by atoms with Crippen LogP contribution in [0.25, 0.3) is 0 Å². The van der Waals surface area contributed by atoms with E-state index in [0.29, 0.717) is 17.9 Å². The van der Waals surface area contributed by atoms with E-state index in [1.165, 1.54) is 25.5 Å². The van der Waals surface area contributed by atoms with Crippen molar-refractivity contribution in [3.05, 3.63) is 60.1 Å². The molecule has 0 saturated carbocycles. The molecule has 9 heteroatoms. The molecule has 0 spiro atoms. The van der Waals surface area contributed by atoms with Gasteiger partial charge in [0.25, 0.3) is 17.7 Å². The number of amides is 5. The third-order valence-electron chi connectivity index (χ3n) is 4.76. The van der Waals surface area contributed by atoms with Gasteiger partial charge in [-0.3, -0.25) is 19.8 Å². The lowest BCUT2D eigenvalue weighted by molar-refractivity contribution is -0.139. The van der Waals surface area contributed by atoms with Crippen LogP contribution in [0, 0.1) is 0 Å². The maximum absolute atomic E-state index is 12.8. The van der Waals surface area contributed by atoms with Gasteiger partial charge in [0, 0.05) is 0 Å². The summed E-state index contributed by atoms with van der Waals surface area (Å²) in [6.07, 6.45) is 3.54. The summed E-state index contributed by atoms with van der Waals surface area (Å²) in [5, 5.41) is 5.76. The number of nitrogens with one attached hydrogen (secondary N) is 3. The molecule has 152 valence electrons. The third-order valence-corrected chi connectivity index (χ3v) is 4.76. The van der Waals surface area contributed by atoms with Crippen LogP contribution < -0.4 is 16.1 Å². The Balaban J connectivity index is 1.58. The van der Waals surface area contributed by atoms with Crippen LogP contribution in [0.5, 0.6) is 0 Å². The maximum Gasteiger partial charge on any atom is 0.344 e. The topological polar surface area (TPSA) is 121 Å². The van der Waals surface area contributed by atoms with Gasteiger partial charge in [-0.15, -0.1) is 0 Å². The Kier molecular flexibility index (Phi) is 5.67. The highest BCUT2D eigenvalue weighted by atomic mass is 16.3. The summed E-state index contributed by atoms with van der Waals surface area (Å²) in [4.78, 5) is 49.4. The van der Waals surface area contributed by atoms with E-state index in [-0.39, 0.29) is 5.56 Å². The molecule has 3 N–H and O–H groups in total. The predicted molar refractivity (Wildman–Crippen MR) is 102 cm³/mol. The average molecular weight is 398 g/mol. The van der Waals surface area contributed by atoms with Crippen molar-refractivity contribution in [3.8, 4) is 0 Å². The predicted octanol–water partition coefficient (Wildman–Crippen LogP) is 1.37. The number of hydrazine groups is 1. The molecule has 2 heterocycles. The van der Waals surface area contributed by atoms with E-state index >= 15 is 0 Å². The van der Waals surface area contributed by atoms with Gasteiger partial charge >= 0.3 is 6.03 Å². The van der Waals surface area contributed by atoms with Crippen LogP contribution in [0.15, 0.2) is 53.3 Å². The van der Waals surface area contributed by atoms with Crippen LogP contribution in [-0.4, -0.2) is 40.3 Å². The van der Waals surface area contributed by atoms with Crippen LogP contribution in [-0.2, 0) is 16.0 Å². The summed E-state index contributed by atoms with van der Waals surface area (Å²) < 4.78 is 4.82. The zero-order valence-electron chi connectivity index (χ0n) is 16.1. The molecule has 2 atom stereocenters. The molecule has 0 radical (unpaired) electrons. The number of hydrogen-bond acceptors (Lipinski definition) is 5. The molecule has 3 rings (SSSR count). The fourth-order valence-electron chi connectivity index (χ4n) is 2.94. The highest BCUT2D eigenvalue weighted by Crippen LogP contribution is 2.22. The summed E-state index contributed by atoms with van der Waals surface area (Å²) >= 11 is 0. The minimum Gasteiger partial charge on any atom is -0.472 e. The highest BCUT2D eigenvalue weighted by Gasteiger charge is 2.48. The van der Waals surface area contributed by atoms with Crippen molar-refractivity contribution < 1.29 is 23.6 Å². The van der Waals surface area contributed by atoms with E-state index in [1.807, 2.05) is 30.3 Å². The van der Waals surface area contributed by atoms with Gasteiger partial charge in [0.05, 0.1) is 11.8 Å². The summed E-state index contributed by atoms with van der Waals surface area (Å²) in [7, 11) is 0. The fourth-order valence-corrected chi connectivity index (χ4v) is 2.94. The number of aryl methyl sites for hydroxylation is 1. The second-order valence-corrected chi connectivity index (χ2v) is 7.07. The van der Waals surface area contributed by atoms with E-state index < -0.39 is 35.3 Å². The second kappa shape index (κ2) is 8.17. The number of imide groups is 1. The SMILES string of the molecule is C[C@@H](NC(=O)c1ccoc1)C(=O)NN1C(=O)N[C@@](C)(CCc2ccccc2)C1=O. The fraction of sp³-hybridized carbons (Fsp3) is 0.300.